The molecule has 0 amide bonds. The SMILES string of the molecule is [2H]c1c([2H])c([2H])c(-c2ccc3c(c2)N(c2c(-c4ccccc4)cc(C(C)(C)C)cc2-c2ccccc2)c2cc4c(c5c2B3c2ccc(-n3c6ccc(C(C)(C)C)cc6c6cc(C(C)(C)C)ccc63)cc2N5c2ccc(-c3ccccc3)cc2)c2cccc3c5ccccc5c5ccccc5c5ccccc5n4c32)c([2H])c1[2H]. The lowest BCUT2D eigenvalue weighted by atomic mass is 9.33. The topological polar surface area (TPSA) is 15.8 Å². The number of para-hydroxylation sites is 2. The van der Waals surface area contributed by atoms with Crippen LogP contribution in [0.4, 0.5) is 34.1 Å². The molecule has 0 bridgehead atoms. The Kier molecular flexibility index (Phi) is 13.2. The van der Waals surface area contributed by atoms with Crippen LogP contribution in [0.1, 0.15) is 85.9 Å². The van der Waals surface area contributed by atoms with Gasteiger partial charge in [0.2, 0.25) is 0 Å². The molecule has 5 heterocycles. The van der Waals surface area contributed by atoms with Gasteiger partial charge < -0.3 is 18.8 Å². The number of hydrogen-bond acceptors (Lipinski definition) is 2. The van der Waals surface area contributed by atoms with Gasteiger partial charge in [0.1, 0.15) is 0 Å². The largest absolute Gasteiger partial charge is 0.311 e. The van der Waals surface area contributed by atoms with Crippen molar-refractivity contribution < 1.29 is 6.85 Å². The Bertz CT molecular complexity index is 6900. The highest BCUT2D eigenvalue weighted by Gasteiger charge is 2.47. The number of benzene rings is 15. The average molecular weight is 1380 g/mol. The molecule has 0 aliphatic carbocycles. The minimum absolute atomic E-state index is 0.107. The highest BCUT2D eigenvalue weighted by atomic mass is 15.2. The molecule has 107 heavy (non-hydrogen) atoms. The lowest BCUT2D eigenvalue weighted by Gasteiger charge is -2.45. The lowest BCUT2D eigenvalue weighted by molar-refractivity contribution is 0.590. The first-order valence-electron chi connectivity index (χ1n) is 40.0. The Morgan fingerprint density at radius 3 is 1.34 bits per heavy atom. The summed E-state index contributed by atoms with van der Waals surface area (Å²) in [6.45, 7) is 20.2. The second kappa shape index (κ2) is 24.1. The molecule has 0 unspecified atom stereocenters. The first kappa shape index (κ1) is 58.9. The molecule has 3 aromatic heterocycles. The van der Waals surface area contributed by atoms with Crippen LogP contribution >= 0.6 is 0 Å². The van der Waals surface area contributed by atoms with Crippen molar-refractivity contribution in [2.75, 3.05) is 9.80 Å². The Morgan fingerprint density at radius 1 is 0.290 bits per heavy atom. The predicted octanol–water partition coefficient (Wildman–Crippen LogP) is 26.0. The number of anilines is 6. The molecule has 5 heteroatoms. The Balaban J connectivity index is 1.03. The van der Waals surface area contributed by atoms with Crippen LogP contribution in [0.25, 0.3) is 132 Å². The second-order valence-corrected chi connectivity index (χ2v) is 32.4. The van der Waals surface area contributed by atoms with Gasteiger partial charge in [0.15, 0.2) is 0 Å². The first-order valence-corrected chi connectivity index (χ1v) is 37.5. The van der Waals surface area contributed by atoms with E-state index in [1.54, 1.807) is 0 Å². The quantitative estimate of drug-likeness (QED) is 0.148. The molecule has 0 saturated heterocycles. The van der Waals surface area contributed by atoms with Crippen molar-refractivity contribution in [1.29, 1.82) is 0 Å². The van der Waals surface area contributed by atoms with Crippen molar-refractivity contribution in [3.63, 3.8) is 0 Å². The molecule has 0 saturated carbocycles. The molecule has 2 aliphatic rings. The zero-order valence-electron chi connectivity index (χ0n) is 66.7. The summed E-state index contributed by atoms with van der Waals surface area (Å²) in [7, 11) is 0. The highest BCUT2D eigenvalue weighted by molar-refractivity contribution is 7.00. The molecular formula is C102H81BN4. The van der Waals surface area contributed by atoms with E-state index >= 15 is 0 Å². The summed E-state index contributed by atoms with van der Waals surface area (Å²) >= 11 is 0. The Hall–Kier alpha value is -12.4. The van der Waals surface area contributed by atoms with Gasteiger partial charge in [0.25, 0.3) is 6.71 Å². The molecule has 512 valence electrons. The third-order valence-corrected chi connectivity index (χ3v) is 23.0. The number of fused-ring (bicyclic) bond motifs is 18. The van der Waals surface area contributed by atoms with Crippen LogP contribution in [-0.4, -0.2) is 15.7 Å². The van der Waals surface area contributed by atoms with E-state index in [9.17, 15) is 5.48 Å². The maximum Gasteiger partial charge on any atom is 0.252 e. The minimum Gasteiger partial charge on any atom is -0.311 e. The van der Waals surface area contributed by atoms with Crippen LogP contribution in [0.15, 0.2) is 327 Å². The van der Waals surface area contributed by atoms with Gasteiger partial charge in [0, 0.05) is 71.9 Å². The van der Waals surface area contributed by atoms with Crippen molar-refractivity contribution in [2.24, 2.45) is 0 Å². The van der Waals surface area contributed by atoms with E-state index in [1.807, 2.05) is 6.07 Å². The van der Waals surface area contributed by atoms with Crippen molar-refractivity contribution in [1.82, 2.24) is 8.97 Å². The van der Waals surface area contributed by atoms with Gasteiger partial charge >= 0.3 is 0 Å². The van der Waals surface area contributed by atoms with Crippen LogP contribution in [-0.2, 0) is 16.2 Å². The lowest BCUT2D eigenvalue weighted by Crippen LogP contribution is -2.61. The third-order valence-electron chi connectivity index (χ3n) is 23.0. The Morgan fingerprint density at radius 2 is 0.757 bits per heavy atom. The third kappa shape index (κ3) is 10.1. The van der Waals surface area contributed by atoms with Gasteiger partial charge in [-0.1, -0.05) is 311 Å². The minimum atomic E-state index is -0.477. The smallest absolute Gasteiger partial charge is 0.252 e. The van der Waals surface area contributed by atoms with E-state index in [-0.39, 0.29) is 46.0 Å². The van der Waals surface area contributed by atoms with Gasteiger partial charge in [-0.3, -0.25) is 0 Å². The maximum atomic E-state index is 9.76. The summed E-state index contributed by atoms with van der Waals surface area (Å²) in [5.74, 6) is 0. The highest BCUT2D eigenvalue weighted by Crippen LogP contribution is 2.56. The summed E-state index contributed by atoms with van der Waals surface area (Å²) in [6.07, 6.45) is 0. The second-order valence-electron chi connectivity index (χ2n) is 32.4. The van der Waals surface area contributed by atoms with Gasteiger partial charge in [0.05, 0.1) is 45.8 Å². The number of rotatable bonds is 7. The predicted molar refractivity (Wildman–Crippen MR) is 460 cm³/mol. The molecule has 0 fully saturated rings. The molecule has 2 aliphatic heterocycles. The van der Waals surface area contributed by atoms with Gasteiger partial charge in [-0.15, -0.1) is 0 Å². The zero-order chi connectivity index (χ0) is 76.7. The van der Waals surface area contributed by atoms with E-state index in [4.69, 9.17) is 1.37 Å². The number of nitrogens with zero attached hydrogens (tertiary/aromatic N) is 4. The van der Waals surface area contributed by atoms with Crippen LogP contribution in [0.3, 0.4) is 0 Å². The fourth-order valence-corrected chi connectivity index (χ4v) is 17.7. The van der Waals surface area contributed by atoms with Crippen LogP contribution < -0.4 is 26.2 Å². The van der Waals surface area contributed by atoms with Crippen LogP contribution in [0.5, 0.6) is 0 Å². The fourth-order valence-electron chi connectivity index (χ4n) is 17.7. The van der Waals surface area contributed by atoms with Gasteiger partial charge in [-0.25, -0.2) is 0 Å². The monoisotopic (exact) mass is 1380 g/mol. The van der Waals surface area contributed by atoms with Crippen molar-refractivity contribution in [3.8, 4) is 50.2 Å². The maximum absolute atomic E-state index is 9.76. The van der Waals surface area contributed by atoms with Crippen molar-refractivity contribution in [3.05, 3.63) is 344 Å². The van der Waals surface area contributed by atoms with E-state index in [0.29, 0.717) is 5.56 Å². The zero-order valence-corrected chi connectivity index (χ0v) is 61.7. The summed E-state index contributed by atoms with van der Waals surface area (Å²) in [5.41, 5.74) is 25.3. The number of hydrogen-bond donors (Lipinski definition) is 0. The van der Waals surface area contributed by atoms with Crippen LogP contribution in [0, 0.1) is 0 Å². The number of aromatic nitrogens is 2. The van der Waals surface area contributed by atoms with E-state index < -0.39 is 12.8 Å². The van der Waals surface area contributed by atoms with E-state index in [1.165, 1.54) is 21.9 Å². The van der Waals surface area contributed by atoms with Crippen molar-refractivity contribution in [2.45, 2.75) is 78.6 Å². The molecule has 18 aromatic rings. The summed E-state index contributed by atoms with van der Waals surface area (Å²) < 4.78 is 52.0. The first-order chi connectivity index (χ1) is 54.1. The van der Waals surface area contributed by atoms with Crippen LogP contribution in [0.2, 0.25) is 0 Å². The molecule has 0 atom stereocenters. The molecule has 4 nitrogen and oxygen atoms in total. The molecule has 20 rings (SSSR count). The molecule has 0 spiro atoms. The summed E-state index contributed by atoms with van der Waals surface area (Å²) in [6, 6.07) is 108. The van der Waals surface area contributed by atoms with Gasteiger partial charge in [-0.05, 0) is 183 Å². The normalized spacial score (nSPS) is 13.7. The molecule has 0 radical (unpaired) electrons. The standard InChI is InChI=1S/C102H81BN4/c1-100(2,3)70-48-55-89-84(58-70)85-59-71(101(4,5)6)49-56-90(85)104(89)74-52-54-87-92(62-74)105(73-50-45-66(46-51-73)64-29-14-10-15-30-64)99-95-81-43-28-42-80-78-40-25-23-38-76(78)75-37-22-24-39-77(75)79-41-26-27-44-88(79)106(97(80)81)93(95)63-94-96(99)103(87)86-53-47-69(65-31-16-11-17-32-65)57-91(86)107(94)98-82(67-33-18-12-19-34-67)60-72(102(7,8)9)61-83(98)68-35-20-13-21-36-68/h10-63H,1-9H3/i11D,16D,17D,31D,32D. The van der Waals surface area contributed by atoms with Gasteiger partial charge in [-0.2, -0.15) is 0 Å². The summed E-state index contributed by atoms with van der Waals surface area (Å²) in [4.78, 5) is 5.12. The molecule has 0 N–H and O–H groups in total. The fraction of sp³-hybridized carbons (Fsp3) is 0.118. The summed E-state index contributed by atoms with van der Waals surface area (Å²) in [5, 5.41) is 11.3. The van der Waals surface area contributed by atoms with Crippen molar-refractivity contribution >= 4 is 139 Å². The van der Waals surface area contributed by atoms with E-state index in [0.717, 1.165) is 166 Å². The Labute approximate surface area is 633 Å². The average Bonchev–Trinajstić information content (AvgIpc) is 1.24. The molecule has 15 aromatic carbocycles. The van der Waals surface area contributed by atoms with E-state index in [2.05, 4.69) is 372 Å². The molecular weight excluding hydrogens is 1290 g/mol.